The minimum absolute atomic E-state index is 0.0449. The number of aromatic nitrogens is 2. The second-order valence-corrected chi connectivity index (χ2v) is 21.7. The average molecular weight is 1040 g/mol. The molecule has 15 nitrogen and oxygen atoms in total. The number of alkyl halides is 3. The number of esters is 1. The lowest BCUT2D eigenvalue weighted by Crippen LogP contribution is -2.61. The second-order valence-electron chi connectivity index (χ2n) is 21.7. The lowest BCUT2D eigenvalue weighted by molar-refractivity contribution is -0.155. The summed E-state index contributed by atoms with van der Waals surface area (Å²) in [4.78, 5) is 64.1. The first-order valence-electron chi connectivity index (χ1n) is 25.4. The van der Waals surface area contributed by atoms with Gasteiger partial charge in [0, 0.05) is 55.0 Å². The summed E-state index contributed by atoms with van der Waals surface area (Å²) in [7, 11) is 5.28. The first kappa shape index (κ1) is 56.3. The van der Waals surface area contributed by atoms with E-state index >= 15 is 0 Å². The summed E-state index contributed by atoms with van der Waals surface area (Å²) in [5, 5.41) is 4.96. The maximum atomic E-state index is 14.9. The standard InChI is InChI=1S/C57H70F3N7O8/c1-12-23-73-40-27-43(50(61-29-40)36(4)72-11)51-44-28-55(5,6)34-75-54(71)46-17-14-22-67(63-46)53(70)47(25-37-15-13-16-38(24-37)39-18-19-48(42(44)26-39)66(51)33-57(58,59)60)62-52(69)45(35(2)3)32-74-41-30-65(31-41)49(68)20-21-56(7,8)64(9)10/h1,13,15-16,18-19,24,26-27,29,35-36,41,45-47,63H,14,17,22-23,25,28,30-34H2,2-11H3,(H,62,69)/t36-,45-,46-,47-/m0/s1. The zero-order chi connectivity index (χ0) is 54.6. The molecule has 3 aliphatic heterocycles. The number of carbonyl (C=O) groups excluding carboxylic acids is 4. The molecule has 7 rings (SSSR count). The number of benzene rings is 2. The van der Waals surface area contributed by atoms with Crippen LogP contribution in [0, 0.1) is 41.4 Å². The van der Waals surface area contributed by atoms with Crippen molar-refractivity contribution in [1.29, 1.82) is 0 Å². The van der Waals surface area contributed by atoms with E-state index in [4.69, 9.17) is 25.4 Å². The van der Waals surface area contributed by atoms with Gasteiger partial charge in [0.2, 0.25) is 5.91 Å². The van der Waals surface area contributed by atoms with Gasteiger partial charge in [0.25, 0.3) is 11.8 Å². The van der Waals surface area contributed by atoms with E-state index in [0.29, 0.717) is 64.8 Å². The Kier molecular flexibility index (Phi) is 17.4. The number of carbonyl (C=O) groups is 4. The van der Waals surface area contributed by atoms with Crippen LogP contribution in [0.2, 0.25) is 0 Å². The number of methoxy groups -OCH3 is 1. The molecule has 0 radical (unpaired) electrons. The molecule has 6 bridgehead atoms. The van der Waals surface area contributed by atoms with Crippen LogP contribution in [0.4, 0.5) is 13.2 Å². The van der Waals surface area contributed by atoms with Gasteiger partial charge in [0.1, 0.15) is 31.0 Å². The van der Waals surface area contributed by atoms with Crippen molar-refractivity contribution >= 4 is 34.6 Å². The zero-order valence-electron chi connectivity index (χ0n) is 44.7. The van der Waals surface area contributed by atoms with Crippen molar-refractivity contribution in [3.63, 3.8) is 0 Å². The molecule has 18 heteroatoms. The summed E-state index contributed by atoms with van der Waals surface area (Å²) in [6, 6.07) is 12.4. The number of rotatable bonds is 13. The number of likely N-dealkylation sites (tertiary alicyclic amines) is 1. The second kappa shape index (κ2) is 23.2. The van der Waals surface area contributed by atoms with Gasteiger partial charge in [0.05, 0.1) is 54.5 Å². The molecule has 5 heterocycles. The van der Waals surface area contributed by atoms with Gasteiger partial charge in [-0.15, -0.1) is 6.42 Å². The minimum Gasteiger partial charge on any atom is -0.479 e. The molecule has 4 aromatic rings. The summed E-state index contributed by atoms with van der Waals surface area (Å²) in [5.41, 5.74) is 5.72. The van der Waals surface area contributed by atoms with Crippen LogP contribution in [0.25, 0.3) is 33.3 Å². The van der Waals surface area contributed by atoms with E-state index in [2.05, 4.69) is 33.5 Å². The number of nitrogens with one attached hydrogen (secondary N) is 2. The van der Waals surface area contributed by atoms with Gasteiger partial charge in [-0.05, 0) is 106 Å². The van der Waals surface area contributed by atoms with E-state index < -0.39 is 65.6 Å². The van der Waals surface area contributed by atoms with Crippen LogP contribution < -0.4 is 15.5 Å². The number of hydrogen-bond acceptors (Lipinski definition) is 11. The fourth-order valence-electron chi connectivity index (χ4n) is 9.43. The lowest BCUT2D eigenvalue weighted by atomic mass is 9.84. The molecule has 0 aliphatic carbocycles. The Hall–Kier alpha value is -6.44. The van der Waals surface area contributed by atoms with Crippen LogP contribution in [0.15, 0.2) is 54.7 Å². The van der Waals surface area contributed by atoms with Crippen molar-refractivity contribution in [2.24, 2.45) is 17.3 Å². The molecule has 2 aromatic carbocycles. The van der Waals surface area contributed by atoms with Gasteiger partial charge >= 0.3 is 12.1 Å². The van der Waals surface area contributed by atoms with Gasteiger partial charge in [0.15, 0.2) is 0 Å². The Morgan fingerprint density at radius 2 is 1.80 bits per heavy atom. The van der Waals surface area contributed by atoms with Crippen molar-refractivity contribution in [3.8, 4) is 52.3 Å². The van der Waals surface area contributed by atoms with Gasteiger partial charge in [-0.2, -0.15) is 13.2 Å². The third-order valence-electron chi connectivity index (χ3n) is 14.4. The molecule has 2 aromatic heterocycles. The highest BCUT2D eigenvalue weighted by atomic mass is 19.4. The normalized spacial score (nSPS) is 19.3. The molecule has 3 amide bonds. The number of ether oxygens (including phenoxy) is 4. The molecular weight excluding hydrogens is 968 g/mol. The summed E-state index contributed by atoms with van der Waals surface area (Å²) >= 11 is 0. The van der Waals surface area contributed by atoms with E-state index in [0.717, 1.165) is 5.56 Å². The van der Waals surface area contributed by atoms with Crippen LogP contribution in [0.5, 0.6) is 5.75 Å². The van der Waals surface area contributed by atoms with E-state index in [1.54, 1.807) is 30.0 Å². The molecule has 402 valence electrons. The highest BCUT2D eigenvalue weighted by Crippen LogP contribution is 2.44. The Morgan fingerprint density at radius 3 is 2.48 bits per heavy atom. The first-order chi connectivity index (χ1) is 35.4. The Bertz CT molecular complexity index is 2870. The van der Waals surface area contributed by atoms with Crippen molar-refractivity contribution < 1.29 is 51.3 Å². The summed E-state index contributed by atoms with van der Waals surface area (Å²) in [6.45, 7) is 12.6. The fraction of sp³-hybridized carbons (Fsp3) is 0.526. The average Bonchev–Trinajstić information content (AvgIpc) is 3.63. The summed E-state index contributed by atoms with van der Waals surface area (Å²) in [6.07, 6.45) is 2.44. The molecule has 2 fully saturated rings. The zero-order valence-corrected chi connectivity index (χ0v) is 44.7. The predicted octanol–water partition coefficient (Wildman–Crippen LogP) is 7.14. The molecule has 0 saturated carbocycles. The van der Waals surface area contributed by atoms with E-state index in [1.807, 2.05) is 90.9 Å². The highest BCUT2D eigenvalue weighted by molar-refractivity contribution is 5.96. The Balaban J connectivity index is 1.26. The molecule has 75 heavy (non-hydrogen) atoms. The van der Waals surface area contributed by atoms with E-state index in [9.17, 15) is 32.3 Å². The number of cyclic esters (lactones) is 1. The number of pyridine rings is 1. The van der Waals surface area contributed by atoms with Crippen LogP contribution >= 0.6 is 0 Å². The van der Waals surface area contributed by atoms with Crippen molar-refractivity contribution in [1.82, 2.24) is 35.1 Å². The third kappa shape index (κ3) is 13.5. The lowest BCUT2D eigenvalue weighted by Gasteiger charge is -2.39. The summed E-state index contributed by atoms with van der Waals surface area (Å²) in [5.74, 6) is 5.84. The molecule has 3 aliphatic rings. The minimum atomic E-state index is -4.65. The third-order valence-corrected chi connectivity index (χ3v) is 14.4. The Morgan fingerprint density at radius 1 is 1.07 bits per heavy atom. The number of halogens is 3. The van der Waals surface area contributed by atoms with E-state index in [1.165, 1.54) is 22.9 Å². The van der Waals surface area contributed by atoms with Gasteiger partial charge in [-0.1, -0.05) is 69.9 Å². The van der Waals surface area contributed by atoms with Gasteiger partial charge in [-0.25, -0.2) is 5.43 Å². The van der Waals surface area contributed by atoms with Gasteiger partial charge < -0.3 is 33.7 Å². The van der Waals surface area contributed by atoms with Gasteiger partial charge in [-0.3, -0.25) is 34.1 Å². The monoisotopic (exact) mass is 1040 g/mol. The molecule has 0 unspecified atom stereocenters. The number of hydrazine groups is 1. The fourth-order valence-corrected chi connectivity index (χ4v) is 9.43. The highest BCUT2D eigenvalue weighted by Gasteiger charge is 2.39. The maximum Gasteiger partial charge on any atom is 0.406 e. The SMILES string of the molecule is C#CCOc1cnc([C@H](C)OC)c(-c2c3c4cc(ccc4n2CC(F)(F)F)-c2cccc(c2)C[C@H](NC(=O)[C@@H](COC2CN(C(=O)C#CC(C)(C)N(C)C)C2)C(C)C)C(=O)N2CCC[C@H](N2)C(=O)OCC(C)(C)C3)c1. The maximum absolute atomic E-state index is 14.9. The number of hydrogen-bond donors (Lipinski definition) is 2. The topological polar surface area (TPSA) is 157 Å². The van der Waals surface area contributed by atoms with Crippen LogP contribution in [-0.2, 0) is 52.8 Å². The quantitative estimate of drug-likeness (QED) is 0.104. The van der Waals surface area contributed by atoms with Crippen LogP contribution in [0.3, 0.4) is 0 Å². The number of fused-ring (bicyclic) bond motifs is 6. The Labute approximate surface area is 438 Å². The van der Waals surface area contributed by atoms with Crippen molar-refractivity contribution in [2.45, 2.75) is 117 Å². The van der Waals surface area contributed by atoms with E-state index in [-0.39, 0.29) is 68.6 Å². The largest absolute Gasteiger partial charge is 0.479 e. The summed E-state index contributed by atoms with van der Waals surface area (Å²) < 4.78 is 69.7. The smallest absolute Gasteiger partial charge is 0.406 e. The number of terminal acetylenes is 1. The molecular formula is C57H70F3N7O8. The predicted molar refractivity (Wildman–Crippen MR) is 279 cm³/mol. The number of amides is 3. The first-order valence-corrected chi connectivity index (χ1v) is 25.4. The molecule has 0 spiro atoms. The molecule has 4 atom stereocenters. The molecule has 2 saturated heterocycles. The number of nitrogens with zero attached hydrogens (tertiary/aromatic N) is 5. The van der Waals surface area contributed by atoms with Crippen LogP contribution in [-0.4, -0.2) is 139 Å². The van der Waals surface area contributed by atoms with Crippen molar-refractivity contribution in [3.05, 3.63) is 71.5 Å². The van der Waals surface area contributed by atoms with Crippen LogP contribution in [0.1, 0.15) is 84.2 Å². The molecule has 2 N–H and O–H groups in total. The van der Waals surface area contributed by atoms with Crippen molar-refractivity contribution in [2.75, 3.05) is 60.7 Å².